The minimum absolute atomic E-state index is 0.290. The molecule has 0 bridgehead atoms. The summed E-state index contributed by atoms with van der Waals surface area (Å²) in [6.07, 6.45) is 3.70. The van der Waals surface area contributed by atoms with Crippen LogP contribution >= 0.6 is 0 Å². The van der Waals surface area contributed by atoms with E-state index < -0.39 is 10.0 Å². The van der Waals surface area contributed by atoms with Crippen molar-refractivity contribution in [2.45, 2.75) is 38.0 Å². The first-order valence-corrected chi connectivity index (χ1v) is 8.97. The molecule has 1 aliphatic heterocycles. The minimum Gasteiger partial charge on any atom is -0.399 e. The molecule has 0 aliphatic carbocycles. The normalized spacial score (nSPS) is 17.0. The lowest BCUT2D eigenvalue weighted by Gasteiger charge is -2.26. The molecule has 0 atom stereocenters. The van der Waals surface area contributed by atoms with Gasteiger partial charge in [-0.3, -0.25) is 0 Å². The lowest BCUT2D eigenvalue weighted by Crippen LogP contribution is -2.37. The molecular formula is C15H25N3O2S. The predicted octanol–water partition coefficient (Wildman–Crippen LogP) is 1.65. The Labute approximate surface area is 127 Å². The second-order valence-electron chi connectivity index (χ2n) is 5.76. The third kappa shape index (κ3) is 4.18. The highest BCUT2D eigenvalue weighted by Crippen LogP contribution is 2.22. The fourth-order valence-electron chi connectivity index (χ4n) is 2.73. The van der Waals surface area contributed by atoms with Crippen molar-refractivity contribution in [2.75, 3.05) is 31.9 Å². The van der Waals surface area contributed by atoms with Gasteiger partial charge in [0.15, 0.2) is 0 Å². The van der Waals surface area contributed by atoms with Gasteiger partial charge in [-0.05, 0) is 63.0 Å². The number of nitrogens with two attached hydrogens (primary N) is 1. The van der Waals surface area contributed by atoms with Gasteiger partial charge in [0.05, 0.1) is 4.90 Å². The quantitative estimate of drug-likeness (QED) is 0.811. The molecule has 1 saturated heterocycles. The minimum atomic E-state index is -3.49. The zero-order valence-corrected chi connectivity index (χ0v) is 13.7. The molecule has 6 heteroatoms. The van der Waals surface area contributed by atoms with Crippen LogP contribution in [0.25, 0.3) is 0 Å². The highest BCUT2D eigenvalue weighted by molar-refractivity contribution is 7.89. The number of rotatable bonds is 5. The van der Waals surface area contributed by atoms with E-state index in [4.69, 9.17) is 5.73 Å². The number of sulfonamides is 1. The maximum Gasteiger partial charge on any atom is 0.240 e. The van der Waals surface area contributed by atoms with Crippen molar-refractivity contribution in [1.82, 2.24) is 9.62 Å². The summed E-state index contributed by atoms with van der Waals surface area (Å²) in [5, 5.41) is 0. The lowest BCUT2D eigenvalue weighted by molar-refractivity contribution is 0.233. The van der Waals surface area contributed by atoms with E-state index in [2.05, 4.69) is 9.62 Å². The number of nitrogens with one attached hydrogen (secondary N) is 1. The number of benzene rings is 1. The Bertz CT molecular complexity index is 593. The summed E-state index contributed by atoms with van der Waals surface area (Å²) >= 11 is 0. The van der Waals surface area contributed by atoms with Gasteiger partial charge in [-0.2, -0.15) is 0 Å². The Morgan fingerprint density at radius 2 is 1.86 bits per heavy atom. The van der Waals surface area contributed by atoms with Crippen LogP contribution in [0.3, 0.4) is 0 Å². The molecule has 1 aromatic carbocycles. The Morgan fingerprint density at radius 1 is 1.19 bits per heavy atom. The maximum atomic E-state index is 12.4. The van der Waals surface area contributed by atoms with E-state index in [1.807, 2.05) is 13.8 Å². The fourth-order valence-corrected chi connectivity index (χ4v) is 4.10. The molecule has 1 heterocycles. The van der Waals surface area contributed by atoms with Crippen molar-refractivity contribution >= 4 is 15.7 Å². The first kappa shape index (κ1) is 16.3. The molecule has 1 fully saturated rings. The largest absolute Gasteiger partial charge is 0.399 e. The van der Waals surface area contributed by atoms with Crippen molar-refractivity contribution in [3.05, 3.63) is 23.3 Å². The topological polar surface area (TPSA) is 75.4 Å². The predicted molar refractivity (Wildman–Crippen MR) is 85.8 cm³/mol. The van der Waals surface area contributed by atoms with Gasteiger partial charge in [-0.1, -0.05) is 6.42 Å². The highest BCUT2D eigenvalue weighted by Gasteiger charge is 2.19. The number of likely N-dealkylation sites (tertiary alicyclic amines) is 1. The molecule has 0 amide bonds. The third-order valence-electron chi connectivity index (χ3n) is 4.10. The van der Waals surface area contributed by atoms with Crippen LogP contribution in [0.15, 0.2) is 17.0 Å². The molecule has 0 spiro atoms. The average Bonchev–Trinajstić information content (AvgIpc) is 2.43. The molecule has 3 N–H and O–H groups in total. The Kier molecular flexibility index (Phi) is 5.24. The van der Waals surface area contributed by atoms with Gasteiger partial charge in [-0.15, -0.1) is 0 Å². The average molecular weight is 311 g/mol. The first-order chi connectivity index (χ1) is 9.90. The van der Waals surface area contributed by atoms with Crippen LogP contribution in [0.4, 0.5) is 5.69 Å². The third-order valence-corrected chi connectivity index (χ3v) is 5.69. The highest BCUT2D eigenvalue weighted by atomic mass is 32.2. The van der Waals surface area contributed by atoms with Crippen molar-refractivity contribution in [1.29, 1.82) is 0 Å². The van der Waals surface area contributed by atoms with Gasteiger partial charge >= 0.3 is 0 Å². The second-order valence-corrected chi connectivity index (χ2v) is 7.50. The van der Waals surface area contributed by atoms with Gasteiger partial charge in [0.1, 0.15) is 0 Å². The summed E-state index contributed by atoms with van der Waals surface area (Å²) in [5.74, 6) is 0. The molecular weight excluding hydrogens is 286 g/mol. The molecule has 0 aromatic heterocycles. The fraction of sp³-hybridized carbons (Fsp3) is 0.600. The van der Waals surface area contributed by atoms with Gasteiger partial charge in [0.2, 0.25) is 10.0 Å². The van der Waals surface area contributed by atoms with E-state index in [1.165, 1.54) is 25.3 Å². The summed E-state index contributed by atoms with van der Waals surface area (Å²) in [7, 11) is -3.49. The van der Waals surface area contributed by atoms with Crippen molar-refractivity contribution in [3.63, 3.8) is 0 Å². The number of hydrogen-bond donors (Lipinski definition) is 2. The van der Waals surface area contributed by atoms with E-state index in [-0.39, 0.29) is 0 Å². The van der Waals surface area contributed by atoms with Crippen LogP contribution in [0, 0.1) is 13.8 Å². The van der Waals surface area contributed by atoms with E-state index in [0.717, 1.165) is 30.8 Å². The van der Waals surface area contributed by atoms with Crippen molar-refractivity contribution in [2.24, 2.45) is 0 Å². The van der Waals surface area contributed by atoms with Gasteiger partial charge in [-0.25, -0.2) is 13.1 Å². The van der Waals surface area contributed by atoms with Crippen LogP contribution in [0.2, 0.25) is 0 Å². The Morgan fingerprint density at radius 3 is 2.52 bits per heavy atom. The van der Waals surface area contributed by atoms with E-state index in [1.54, 1.807) is 6.07 Å². The summed E-state index contributed by atoms with van der Waals surface area (Å²) in [5.41, 5.74) is 7.90. The SMILES string of the molecule is Cc1cc(N)cc(S(=O)(=O)NCCN2CCCCC2)c1C. The zero-order chi connectivity index (χ0) is 15.5. The molecule has 1 aromatic rings. The summed E-state index contributed by atoms with van der Waals surface area (Å²) in [4.78, 5) is 2.60. The summed E-state index contributed by atoms with van der Waals surface area (Å²) in [6, 6.07) is 3.33. The van der Waals surface area contributed by atoms with Gasteiger partial charge in [0.25, 0.3) is 0 Å². The van der Waals surface area contributed by atoms with E-state index in [0.29, 0.717) is 17.1 Å². The number of aryl methyl sites for hydroxylation is 1. The molecule has 21 heavy (non-hydrogen) atoms. The zero-order valence-electron chi connectivity index (χ0n) is 12.9. The van der Waals surface area contributed by atoms with Crippen LogP contribution in [-0.4, -0.2) is 39.5 Å². The molecule has 2 rings (SSSR count). The van der Waals surface area contributed by atoms with Crippen LogP contribution in [-0.2, 0) is 10.0 Å². The van der Waals surface area contributed by atoms with E-state index in [9.17, 15) is 8.42 Å². The molecule has 0 saturated carbocycles. The molecule has 0 radical (unpaired) electrons. The van der Waals surface area contributed by atoms with Crippen molar-refractivity contribution in [3.8, 4) is 0 Å². The standard InChI is InChI=1S/C15H25N3O2S/c1-12-10-14(16)11-15(13(12)2)21(19,20)17-6-9-18-7-4-3-5-8-18/h10-11,17H,3-9,16H2,1-2H3. The van der Waals surface area contributed by atoms with Crippen molar-refractivity contribution < 1.29 is 8.42 Å². The first-order valence-electron chi connectivity index (χ1n) is 7.49. The number of nitrogen functional groups attached to an aromatic ring is 1. The van der Waals surface area contributed by atoms with Crippen LogP contribution < -0.4 is 10.5 Å². The summed E-state index contributed by atoms with van der Waals surface area (Å²) < 4.78 is 27.5. The lowest BCUT2D eigenvalue weighted by atomic mass is 10.1. The molecule has 118 valence electrons. The molecule has 0 unspecified atom stereocenters. The van der Waals surface area contributed by atoms with Crippen LogP contribution in [0.5, 0.6) is 0 Å². The van der Waals surface area contributed by atoms with Gasteiger partial charge in [0, 0.05) is 18.8 Å². The number of piperidine rings is 1. The number of hydrogen-bond acceptors (Lipinski definition) is 4. The van der Waals surface area contributed by atoms with Gasteiger partial charge < -0.3 is 10.6 Å². The number of anilines is 1. The molecule has 1 aliphatic rings. The smallest absolute Gasteiger partial charge is 0.240 e. The molecule has 5 nitrogen and oxygen atoms in total. The second kappa shape index (κ2) is 6.77. The van der Waals surface area contributed by atoms with E-state index >= 15 is 0 Å². The number of nitrogens with zero attached hydrogens (tertiary/aromatic N) is 1. The summed E-state index contributed by atoms with van der Waals surface area (Å²) in [6.45, 7) is 7.03. The van der Waals surface area contributed by atoms with Crippen LogP contribution in [0.1, 0.15) is 30.4 Å². The Hall–Kier alpha value is -1.11. The monoisotopic (exact) mass is 311 g/mol. The maximum absolute atomic E-state index is 12.4. The Balaban J connectivity index is 2.01.